The van der Waals surface area contributed by atoms with Crippen LogP contribution < -0.4 is 0 Å². The number of nitrogens with zero attached hydrogens (tertiary/aromatic N) is 6. The van der Waals surface area contributed by atoms with Crippen LogP contribution in [0, 0.1) is 0 Å². The summed E-state index contributed by atoms with van der Waals surface area (Å²) in [6, 6.07) is 4.42. The summed E-state index contributed by atoms with van der Waals surface area (Å²) in [6.07, 6.45) is 13.2. The Morgan fingerprint density at radius 2 is 0.833 bits per heavy atom. The molecule has 0 saturated carbocycles. The summed E-state index contributed by atoms with van der Waals surface area (Å²) in [6.45, 7) is 6.55. The highest BCUT2D eigenvalue weighted by atomic mass is 15.5. The molecule has 0 fully saturated rings. The Labute approximate surface area is 142 Å². The molecule has 0 aromatic carbocycles. The highest BCUT2D eigenvalue weighted by Crippen LogP contribution is 2.18. The number of aromatic nitrogens is 1. The van der Waals surface area contributed by atoms with Crippen molar-refractivity contribution in [2.75, 3.05) is 33.3 Å². The second-order valence-electron chi connectivity index (χ2n) is 6.96. The maximum Gasteiger partial charge on any atom is 0.0927 e. The average Bonchev–Trinajstić information content (AvgIpc) is 3.32. The standard InChI is InChI=1S/C17H23N7/c1-2-17-10-20-4-6-22(12-20)14-24-8-7-23(15-24)13-21-5-3-19(11-21)9-16(1)18-17/h1-8,18H,9-15H2. The zero-order valence-electron chi connectivity index (χ0n) is 13.8. The lowest BCUT2D eigenvalue weighted by Gasteiger charge is -2.30. The molecule has 7 heteroatoms. The van der Waals surface area contributed by atoms with Crippen LogP contribution in [0.25, 0.3) is 0 Å². The number of fused-ring (bicyclic) bond motifs is 8. The first kappa shape index (κ1) is 13.7. The molecule has 0 spiro atoms. The van der Waals surface area contributed by atoms with E-state index in [0.29, 0.717) is 0 Å². The lowest BCUT2D eigenvalue weighted by Crippen LogP contribution is -2.39. The van der Waals surface area contributed by atoms with Crippen molar-refractivity contribution in [1.29, 1.82) is 0 Å². The molecule has 126 valence electrons. The Morgan fingerprint density at radius 1 is 0.500 bits per heavy atom. The summed E-state index contributed by atoms with van der Waals surface area (Å²) in [5.41, 5.74) is 2.55. The van der Waals surface area contributed by atoms with Gasteiger partial charge in [0.2, 0.25) is 0 Å². The van der Waals surface area contributed by atoms with Gasteiger partial charge >= 0.3 is 0 Å². The minimum Gasteiger partial charge on any atom is -0.359 e. The topological polar surface area (TPSA) is 35.2 Å². The van der Waals surface area contributed by atoms with Gasteiger partial charge in [-0.3, -0.25) is 0 Å². The van der Waals surface area contributed by atoms with E-state index < -0.39 is 0 Å². The summed E-state index contributed by atoms with van der Waals surface area (Å²) < 4.78 is 0. The van der Waals surface area contributed by atoms with E-state index in [2.05, 4.69) is 83.7 Å². The largest absolute Gasteiger partial charge is 0.359 e. The van der Waals surface area contributed by atoms with Crippen LogP contribution >= 0.6 is 0 Å². The first-order chi connectivity index (χ1) is 11.8. The number of hydrogen-bond donors (Lipinski definition) is 1. The summed E-state index contributed by atoms with van der Waals surface area (Å²) in [7, 11) is 0. The predicted molar refractivity (Wildman–Crippen MR) is 91.0 cm³/mol. The van der Waals surface area contributed by atoms with E-state index in [-0.39, 0.29) is 0 Å². The van der Waals surface area contributed by atoms with Gasteiger partial charge in [0, 0.05) is 48.6 Å². The van der Waals surface area contributed by atoms with E-state index in [1.807, 2.05) is 0 Å². The van der Waals surface area contributed by atoms with E-state index in [1.54, 1.807) is 0 Å². The van der Waals surface area contributed by atoms with Gasteiger partial charge in [0.05, 0.1) is 46.4 Å². The molecule has 0 aliphatic carbocycles. The fraction of sp³-hybridized carbons (Fsp3) is 0.412. The molecule has 4 aliphatic heterocycles. The van der Waals surface area contributed by atoms with Gasteiger partial charge < -0.3 is 34.4 Å². The van der Waals surface area contributed by atoms with E-state index in [4.69, 9.17) is 0 Å². The molecule has 0 saturated heterocycles. The average molecular weight is 325 g/mol. The zero-order valence-corrected chi connectivity index (χ0v) is 13.8. The molecule has 24 heavy (non-hydrogen) atoms. The second kappa shape index (κ2) is 5.43. The summed E-state index contributed by atoms with van der Waals surface area (Å²) >= 11 is 0. The zero-order chi connectivity index (χ0) is 15.9. The van der Waals surface area contributed by atoms with Crippen LogP contribution in [0.4, 0.5) is 0 Å². The molecule has 0 amide bonds. The second-order valence-corrected chi connectivity index (χ2v) is 6.96. The van der Waals surface area contributed by atoms with Crippen molar-refractivity contribution in [1.82, 2.24) is 34.4 Å². The maximum atomic E-state index is 3.57. The third kappa shape index (κ3) is 2.66. The molecule has 5 heterocycles. The predicted octanol–water partition coefficient (Wildman–Crippen LogP) is 1.08. The third-order valence-electron chi connectivity index (χ3n) is 4.84. The van der Waals surface area contributed by atoms with E-state index >= 15 is 0 Å². The third-order valence-corrected chi connectivity index (χ3v) is 4.84. The summed E-state index contributed by atoms with van der Waals surface area (Å²) in [4.78, 5) is 17.7. The monoisotopic (exact) mass is 325 g/mol. The van der Waals surface area contributed by atoms with Crippen LogP contribution in [0.1, 0.15) is 11.4 Å². The first-order valence-electron chi connectivity index (χ1n) is 8.46. The Morgan fingerprint density at radius 3 is 1.25 bits per heavy atom. The Balaban J connectivity index is 1.36. The molecule has 8 bridgehead atoms. The molecule has 1 N–H and O–H groups in total. The Bertz CT molecular complexity index is 636. The fourth-order valence-electron chi connectivity index (χ4n) is 3.70. The molecule has 1 aromatic rings. The van der Waals surface area contributed by atoms with Gasteiger partial charge in [0.1, 0.15) is 0 Å². The first-order valence-corrected chi connectivity index (χ1v) is 8.46. The molecular formula is C17H23N7. The molecule has 0 atom stereocenters. The van der Waals surface area contributed by atoms with Gasteiger partial charge in [-0.15, -0.1) is 0 Å². The van der Waals surface area contributed by atoms with E-state index in [0.717, 1.165) is 46.4 Å². The molecular weight excluding hydrogens is 302 g/mol. The minimum atomic E-state index is 0.928. The van der Waals surface area contributed by atoms with E-state index in [1.165, 1.54) is 11.4 Å². The van der Waals surface area contributed by atoms with Crippen LogP contribution in [-0.4, -0.2) is 67.7 Å². The van der Waals surface area contributed by atoms with Crippen molar-refractivity contribution in [3.63, 3.8) is 0 Å². The van der Waals surface area contributed by atoms with Crippen molar-refractivity contribution in [3.05, 3.63) is 60.7 Å². The number of H-pyrrole nitrogens is 1. The molecule has 1 aromatic heterocycles. The Kier molecular flexibility index (Phi) is 3.11. The molecule has 7 nitrogen and oxygen atoms in total. The lowest BCUT2D eigenvalue weighted by molar-refractivity contribution is 0.128. The van der Waals surface area contributed by atoms with Gasteiger partial charge in [-0.1, -0.05) is 0 Å². The van der Waals surface area contributed by atoms with Gasteiger partial charge in [-0.05, 0) is 12.1 Å². The molecule has 0 unspecified atom stereocenters. The number of rotatable bonds is 0. The SMILES string of the molecule is C1=CN2CN1Cc1ccc([nH]1)CN1C=CN(C1)CN1C=CN(C2)C1. The van der Waals surface area contributed by atoms with Gasteiger partial charge in [-0.2, -0.15) is 0 Å². The van der Waals surface area contributed by atoms with Crippen molar-refractivity contribution in [2.24, 2.45) is 0 Å². The fourth-order valence-corrected chi connectivity index (χ4v) is 3.70. The van der Waals surface area contributed by atoms with Gasteiger partial charge in [-0.25, -0.2) is 0 Å². The molecule has 5 rings (SSSR count). The van der Waals surface area contributed by atoms with Crippen LogP contribution in [0.2, 0.25) is 0 Å². The van der Waals surface area contributed by atoms with Crippen LogP contribution in [0.3, 0.4) is 0 Å². The van der Waals surface area contributed by atoms with Crippen molar-refractivity contribution < 1.29 is 0 Å². The lowest BCUT2D eigenvalue weighted by atomic mass is 10.4. The minimum absolute atomic E-state index is 0.928. The van der Waals surface area contributed by atoms with Crippen molar-refractivity contribution in [2.45, 2.75) is 13.1 Å². The summed E-state index contributed by atoms with van der Waals surface area (Å²) in [5, 5.41) is 0. The maximum absolute atomic E-state index is 3.57. The number of hydrogen-bond acceptors (Lipinski definition) is 6. The van der Waals surface area contributed by atoms with Gasteiger partial charge in [0.15, 0.2) is 0 Å². The smallest absolute Gasteiger partial charge is 0.0927 e. The normalized spacial score (nSPS) is 22.5. The number of aromatic amines is 1. The highest BCUT2D eigenvalue weighted by molar-refractivity contribution is 5.15. The van der Waals surface area contributed by atoms with Crippen LogP contribution in [0.15, 0.2) is 49.3 Å². The van der Waals surface area contributed by atoms with Crippen molar-refractivity contribution >= 4 is 0 Å². The van der Waals surface area contributed by atoms with Crippen molar-refractivity contribution in [3.8, 4) is 0 Å². The molecule has 0 radical (unpaired) electrons. The number of nitrogens with one attached hydrogen (secondary N) is 1. The van der Waals surface area contributed by atoms with Gasteiger partial charge in [0.25, 0.3) is 0 Å². The van der Waals surface area contributed by atoms with E-state index in [9.17, 15) is 0 Å². The van der Waals surface area contributed by atoms with Crippen LogP contribution in [0.5, 0.6) is 0 Å². The summed E-state index contributed by atoms with van der Waals surface area (Å²) in [5.74, 6) is 0. The Hall–Kier alpha value is -2.70. The van der Waals surface area contributed by atoms with Crippen LogP contribution in [-0.2, 0) is 13.1 Å². The highest BCUT2D eigenvalue weighted by Gasteiger charge is 2.21. The quantitative estimate of drug-likeness (QED) is 0.769. The molecule has 4 aliphatic rings.